The third-order valence-corrected chi connectivity index (χ3v) is 23.6. The first-order valence-corrected chi connectivity index (χ1v) is 44.0. The van der Waals surface area contributed by atoms with E-state index in [-0.39, 0.29) is 100 Å². The van der Waals surface area contributed by atoms with Crippen LogP contribution in [0.15, 0.2) is 170 Å². The van der Waals surface area contributed by atoms with Crippen molar-refractivity contribution in [3.8, 4) is 11.5 Å². The maximum atomic E-state index is 15.7. The van der Waals surface area contributed by atoms with Gasteiger partial charge in [0, 0.05) is 96.1 Å². The molecule has 0 saturated carbocycles. The molecule has 7 aromatic rings. The third-order valence-electron chi connectivity index (χ3n) is 22.6. The summed E-state index contributed by atoms with van der Waals surface area (Å²) in [6.07, 6.45) is 1.71. The van der Waals surface area contributed by atoms with Crippen LogP contribution < -0.4 is 53.6 Å². The molecule has 14 N–H and O–H groups in total. The van der Waals surface area contributed by atoms with Crippen LogP contribution in [0.1, 0.15) is 99.6 Å². The van der Waals surface area contributed by atoms with E-state index in [0.29, 0.717) is 57.1 Å². The summed E-state index contributed by atoms with van der Waals surface area (Å²) in [6, 6.07) is 26.7. The van der Waals surface area contributed by atoms with Crippen LogP contribution in [0.5, 0.6) is 11.5 Å². The third kappa shape index (κ3) is 28.9. The number of aromatic hydroxyl groups is 2. The van der Waals surface area contributed by atoms with Crippen molar-refractivity contribution in [3.63, 3.8) is 0 Å². The zero-order chi connectivity index (χ0) is 93.5. The van der Waals surface area contributed by atoms with Gasteiger partial charge in [-0.05, 0) is 102 Å². The van der Waals surface area contributed by atoms with E-state index in [4.69, 9.17) is 10.5 Å². The lowest BCUT2D eigenvalue weighted by atomic mass is 9.99. The van der Waals surface area contributed by atoms with Crippen molar-refractivity contribution in [2.24, 2.45) is 11.7 Å². The van der Waals surface area contributed by atoms with Crippen molar-refractivity contribution >= 4 is 118 Å². The molecule has 0 radical (unpaired) electrons. The molecule has 688 valence electrons. The molecule has 0 unspecified atom stereocenters. The molecule has 12 atom stereocenters. The molecule has 6 aromatic carbocycles. The van der Waals surface area contributed by atoms with Crippen molar-refractivity contribution in [3.05, 3.63) is 203 Å². The van der Waals surface area contributed by atoms with Crippen molar-refractivity contribution < 1.29 is 91.7 Å². The molecule has 2 saturated heterocycles. The van der Waals surface area contributed by atoms with Gasteiger partial charge in [0.2, 0.25) is 88.6 Å². The van der Waals surface area contributed by atoms with Gasteiger partial charge in [0.25, 0.3) is 6.47 Å². The maximum Gasteiger partial charge on any atom is 0.293 e. The minimum absolute atomic E-state index is 0.0137. The normalized spacial score (nSPS) is 22.8. The summed E-state index contributed by atoms with van der Waals surface area (Å²) in [5, 5.41) is 45.6. The van der Waals surface area contributed by atoms with Gasteiger partial charge in [-0.3, -0.25) is 76.7 Å². The summed E-state index contributed by atoms with van der Waals surface area (Å²) in [5.74, 6) is -14.4. The van der Waals surface area contributed by atoms with Crippen LogP contribution in [0.4, 0.5) is 0 Å². The number of unbranched alkanes of at least 4 members (excludes halogenated alkanes) is 1. The zero-order valence-corrected chi connectivity index (χ0v) is 74.3. The lowest BCUT2D eigenvalue weighted by Crippen LogP contribution is -2.61. The minimum Gasteiger partial charge on any atom is -0.508 e. The van der Waals surface area contributed by atoms with Gasteiger partial charge in [-0.2, -0.15) is 0 Å². The number of likely N-dealkylation sites (N-methyl/N-ethyl adjacent to an activating group) is 4. The number of aromatic amines is 1. The largest absolute Gasteiger partial charge is 0.508 e. The van der Waals surface area contributed by atoms with Gasteiger partial charge < -0.3 is 98.0 Å². The Morgan fingerprint density at radius 2 is 1.01 bits per heavy atom. The number of nitrogens with zero attached hydrogens (tertiary/aromatic N) is 5. The highest BCUT2D eigenvalue weighted by atomic mass is 32.2. The van der Waals surface area contributed by atoms with Crippen molar-refractivity contribution in [2.75, 3.05) is 65.9 Å². The molecule has 2 aliphatic rings. The van der Waals surface area contributed by atoms with Gasteiger partial charge in [0.15, 0.2) is 0 Å². The Morgan fingerprint density at radius 3 is 1.59 bits per heavy atom. The van der Waals surface area contributed by atoms with Gasteiger partial charge in [0.05, 0.1) is 18.8 Å². The topological polar surface area (TPSA) is 489 Å². The summed E-state index contributed by atoms with van der Waals surface area (Å²) in [5.41, 5.74) is 9.21. The number of fused-ring (bicyclic) bond motifs is 2. The molecule has 3 heterocycles. The molecule has 129 heavy (non-hydrogen) atoms. The maximum absolute atomic E-state index is 15.7. The molecule has 2 aliphatic heterocycles. The molecule has 36 heteroatoms. The number of hydrogen-bond donors (Lipinski definition) is 13. The quantitative estimate of drug-likeness (QED) is 0.0407. The number of nitrogens with two attached hydrogens (primary N) is 1. The molecule has 0 bridgehead atoms. The van der Waals surface area contributed by atoms with Crippen LogP contribution in [0.2, 0.25) is 0 Å². The summed E-state index contributed by atoms with van der Waals surface area (Å²) >= 11 is 0.841. The van der Waals surface area contributed by atoms with Gasteiger partial charge in [-0.1, -0.05) is 167 Å². The average molecular weight is 1790 g/mol. The van der Waals surface area contributed by atoms with Crippen LogP contribution >= 0.6 is 11.8 Å². The number of amides is 15. The SMILES string of the molecule is CCCC[C@H]1C(=O)N2CCC[C@@H]2C(=O)N[C@@H](COC=O)C(=O)N[C@@H](C)C(=O)N(C)[C@@H](Cc2ccccc2)C(=O)N[C@@H](Cc2ccc(O)cc2)C(=O)N(C)CC(=O)N[C@@H](Cc2c[nH]c3ccccc23)C(=O)N[C@@H](Cc2ccc(O)cc2)C(=O)N[C@@H](CC(C)C)C(=O)N[C@H](C(=O)NCC(N)=O)CSCC(=O)N[C@@H](Cc2ccccc2)C(=O)N(C)[C@@H](Cc2ccccc2)C(=O)N1C. The molecule has 9 rings (SSSR count). The molecular weight excluding hydrogens is 1680 g/mol. The van der Waals surface area contributed by atoms with Crippen LogP contribution in [0, 0.1) is 5.92 Å². The number of carbonyl (C=O) groups excluding carboxylic acids is 16. The number of benzene rings is 6. The highest BCUT2D eigenvalue weighted by Crippen LogP contribution is 2.27. The first kappa shape index (κ1) is 99.1. The number of thioether (sulfide) groups is 1. The highest BCUT2D eigenvalue weighted by molar-refractivity contribution is 8.00. The Labute approximate surface area is 752 Å². The average Bonchev–Trinajstić information content (AvgIpc) is 1.67. The Bertz CT molecular complexity index is 5070. The number of para-hydroxylation sites is 1. The predicted octanol–water partition coefficient (Wildman–Crippen LogP) is 1.92. The van der Waals surface area contributed by atoms with Crippen LogP contribution in [-0.2, 0) is 120 Å². The lowest BCUT2D eigenvalue weighted by molar-refractivity contribution is -0.152. The second kappa shape index (κ2) is 48.3. The minimum atomic E-state index is -1.71. The number of rotatable bonds is 23. The Hall–Kier alpha value is -13.7. The zero-order valence-electron chi connectivity index (χ0n) is 73.5. The summed E-state index contributed by atoms with van der Waals surface area (Å²) in [7, 11) is 5.38. The Kier molecular flexibility index (Phi) is 37.1. The number of ether oxygens (including phenoxy) is 1. The molecule has 15 amide bonds. The van der Waals surface area contributed by atoms with Gasteiger partial charge in [0.1, 0.15) is 90.6 Å². The molecule has 0 spiro atoms. The molecule has 35 nitrogen and oxygen atoms in total. The van der Waals surface area contributed by atoms with Crippen LogP contribution in [-0.4, -0.2) is 273 Å². The summed E-state index contributed by atoms with van der Waals surface area (Å²) in [6.45, 7) is 4.52. The van der Waals surface area contributed by atoms with Crippen LogP contribution in [0.25, 0.3) is 10.9 Å². The summed E-state index contributed by atoms with van der Waals surface area (Å²) < 4.78 is 5.08. The number of H-pyrrole nitrogens is 1. The van der Waals surface area contributed by atoms with E-state index in [1.165, 1.54) is 98.3 Å². The fourth-order valence-corrected chi connectivity index (χ4v) is 16.4. The first-order valence-electron chi connectivity index (χ1n) is 42.9. The van der Waals surface area contributed by atoms with E-state index < -0.39 is 187 Å². The van der Waals surface area contributed by atoms with Crippen LogP contribution in [0.3, 0.4) is 0 Å². The number of phenols is 2. The number of phenolic OH excluding ortho intramolecular Hbond substituents is 2. The van der Waals surface area contributed by atoms with E-state index in [1.54, 1.807) is 135 Å². The smallest absolute Gasteiger partial charge is 0.293 e. The number of primary amides is 1. The van der Waals surface area contributed by atoms with Gasteiger partial charge >= 0.3 is 0 Å². The van der Waals surface area contributed by atoms with Crippen molar-refractivity contribution in [1.29, 1.82) is 0 Å². The van der Waals surface area contributed by atoms with Crippen molar-refractivity contribution in [1.82, 2.24) is 77.3 Å². The van der Waals surface area contributed by atoms with E-state index in [0.717, 1.165) is 21.6 Å². The van der Waals surface area contributed by atoms with Gasteiger partial charge in [-0.15, -0.1) is 11.8 Å². The number of carbonyl (C=O) groups is 16. The molecule has 0 aliphatic carbocycles. The monoisotopic (exact) mass is 1790 g/mol. The van der Waals surface area contributed by atoms with E-state index in [2.05, 4.69) is 52.8 Å². The van der Waals surface area contributed by atoms with Crippen molar-refractivity contribution in [2.45, 2.75) is 177 Å². The van der Waals surface area contributed by atoms with E-state index in [1.807, 2.05) is 6.92 Å². The fourth-order valence-electron chi connectivity index (χ4n) is 15.6. The molecule has 1 aromatic heterocycles. The molecular formula is C93H116N16O19S. The fraction of sp³-hybridized carbons (Fsp3) is 0.419. The second-order valence-corrected chi connectivity index (χ2v) is 33.9. The number of aromatic nitrogens is 1. The predicted molar refractivity (Wildman–Crippen MR) is 480 cm³/mol. The number of hydrogen-bond acceptors (Lipinski definition) is 20. The Morgan fingerprint density at radius 1 is 0.519 bits per heavy atom. The lowest BCUT2D eigenvalue weighted by Gasteiger charge is -2.38. The highest BCUT2D eigenvalue weighted by Gasteiger charge is 2.45. The second-order valence-electron chi connectivity index (χ2n) is 32.8. The standard InChI is InChI=1S/C93H116N16O19S/c1-9-10-31-76-93(127)109-41-22-32-75(109)87(121)103-73(52-128-55-110)86(120)97-57(4)89(123)107(7)77(46-59-25-16-12-17-26-59)88(122)102-71(45-62-35-39-65(112)40-36-62)90(124)105(5)51-80(114)98-70(48-63-49-95-67-30-21-20-29-66(63)67)85(119)101-69(43-61-33-37-64(111)38-34-61)84(118)100-68(42-56(2)3)83(117)104-74(82(116)96-50-79(94)113)53-129-54-81(115)99-72(44-58-23-14-11-15-24-58)91(125)108(8)78(92(126)106(76)6)47-60-27-18-13-19-28-60/h11-21,23-30,33-40,49,55-57,68-78,95,111-112H,9-10,22,31-32,41-48,50-54H2,1-8H3,(H2,94,113)(H,96,116)(H,97,120)(H,98,114)(H,99,115)(H,100,118)(H,101,119)(H,102,122)(H,103,121)(H,104,117)/t57-,68-,69-,70-,71-,72-,73-,74-,75+,76-,77-,78-/m0/s1. The Balaban J connectivity index is 1.11. The molecule has 2 fully saturated rings. The number of nitrogens with one attached hydrogen (secondary N) is 10. The van der Waals surface area contributed by atoms with Gasteiger partial charge in [-0.25, -0.2) is 0 Å². The first-order chi connectivity index (χ1) is 61.7. The van der Waals surface area contributed by atoms with E-state index in [9.17, 15) is 53.4 Å². The van der Waals surface area contributed by atoms with E-state index >= 15 is 33.6 Å². The summed E-state index contributed by atoms with van der Waals surface area (Å²) in [4.78, 5) is 244.